The van der Waals surface area contributed by atoms with Crippen LogP contribution in [-0.2, 0) is 13.6 Å². The third kappa shape index (κ3) is 14.3. The predicted octanol–water partition coefficient (Wildman–Crippen LogP) is 3.37. The maximum atomic E-state index is 12.3. The average molecular weight is 392 g/mol. The minimum Gasteiger partial charge on any atom is -0.418 e. The van der Waals surface area contributed by atoms with Crippen LogP contribution in [0.2, 0.25) is 0 Å². The van der Waals surface area contributed by atoms with Crippen molar-refractivity contribution in [1.29, 1.82) is 0 Å². The lowest BCUT2D eigenvalue weighted by atomic mass is 10.3. The summed E-state index contributed by atoms with van der Waals surface area (Å²) in [6, 6.07) is 0. The van der Waals surface area contributed by atoms with Crippen LogP contribution in [0, 0.1) is 0 Å². The van der Waals surface area contributed by atoms with Gasteiger partial charge in [0, 0.05) is 6.54 Å². The number of unbranched alkanes of at least 4 members (excludes halogenated alkanes) is 1. The van der Waals surface area contributed by atoms with E-state index in [2.05, 4.69) is 24.2 Å². The van der Waals surface area contributed by atoms with Gasteiger partial charge in [0.25, 0.3) is 0 Å². The van der Waals surface area contributed by atoms with Gasteiger partial charge >= 0.3 is 14.9 Å². The molecule has 1 aliphatic heterocycles. The summed E-state index contributed by atoms with van der Waals surface area (Å²) < 4.78 is 61.9. The molecule has 0 aromatic carbocycles. The van der Waals surface area contributed by atoms with Crippen molar-refractivity contribution in [3.05, 3.63) is 12.4 Å². The molecule has 11 heteroatoms. The zero-order chi connectivity index (χ0) is 19.3. The highest BCUT2D eigenvalue weighted by atomic mass is 31.2. The average Bonchev–Trinajstić information content (AvgIpc) is 2.91. The maximum absolute atomic E-state index is 12.3. The quantitative estimate of drug-likeness (QED) is 0.333. The molecule has 0 fully saturated rings. The second-order valence-electron chi connectivity index (χ2n) is 5.57. The van der Waals surface area contributed by atoms with E-state index in [0.717, 1.165) is 19.6 Å². The number of halogens is 4. The largest absolute Gasteiger partial charge is 0.673 e. The third-order valence-electron chi connectivity index (χ3n) is 3.31. The van der Waals surface area contributed by atoms with Gasteiger partial charge in [-0.05, 0) is 26.7 Å². The van der Waals surface area contributed by atoms with E-state index < -0.39 is 14.9 Å². The minimum absolute atomic E-state index is 0.440. The van der Waals surface area contributed by atoms with Crippen molar-refractivity contribution in [2.45, 2.75) is 40.0 Å². The summed E-state index contributed by atoms with van der Waals surface area (Å²) >= 11 is 0. The Morgan fingerprint density at radius 2 is 1.68 bits per heavy atom. The number of nitrogens with one attached hydrogen (secondary N) is 1. The first kappa shape index (κ1) is 24.4. The van der Waals surface area contributed by atoms with E-state index in [1.807, 2.05) is 13.8 Å². The van der Waals surface area contributed by atoms with Crippen LogP contribution in [0.25, 0.3) is 0 Å². The Balaban J connectivity index is 0.00000101. The van der Waals surface area contributed by atoms with E-state index in [9.17, 15) is 21.8 Å². The van der Waals surface area contributed by atoms with Gasteiger partial charge in [-0.15, -0.1) is 0 Å². The van der Waals surface area contributed by atoms with Gasteiger partial charge in [-0.25, -0.2) is 0 Å². The molecule has 1 atom stereocenters. The van der Waals surface area contributed by atoms with E-state index in [1.165, 1.54) is 24.3 Å². The van der Waals surface area contributed by atoms with Crippen LogP contribution in [0.15, 0.2) is 12.4 Å². The first-order chi connectivity index (χ1) is 11.6. The molecule has 0 aromatic heterocycles. The molecule has 0 radical (unpaired) electrons. The van der Waals surface area contributed by atoms with Crippen LogP contribution in [0.5, 0.6) is 0 Å². The molecular formula is C14H30BF4N2O3P. The van der Waals surface area contributed by atoms with Crippen LogP contribution >= 0.6 is 7.60 Å². The van der Waals surface area contributed by atoms with Gasteiger partial charge in [-0.2, -0.15) is 0 Å². The van der Waals surface area contributed by atoms with E-state index >= 15 is 0 Å². The van der Waals surface area contributed by atoms with Crippen molar-refractivity contribution in [3.8, 4) is 0 Å². The lowest BCUT2D eigenvalue weighted by molar-refractivity contribution is -0.849. The Bertz CT molecular complexity index is 411. The molecule has 25 heavy (non-hydrogen) atoms. The highest BCUT2D eigenvalue weighted by molar-refractivity contribution is 7.53. The van der Waals surface area contributed by atoms with Crippen molar-refractivity contribution in [3.63, 3.8) is 0 Å². The van der Waals surface area contributed by atoms with Crippen LogP contribution in [0.4, 0.5) is 17.3 Å². The smallest absolute Gasteiger partial charge is 0.418 e. The molecule has 1 unspecified atom stereocenters. The molecule has 1 N–H and O–H groups in total. The fourth-order valence-electron chi connectivity index (χ4n) is 2.32. The highest BCUT2D eigenvalue weighted by Crippen LogP contribution is 2.48. The monoisotopic (exact) mass is 392 g/mol. The molecule has 150 valence electrons. The lowest BCUT2D eigenvalue weighted by Crippen LogP contribution is -3.07. The van der Waals surface area contributed by atoms with Gasteiger partial charge in [0.05, 0.1) is 32.1 Å². The molecule has 0 saturated heterocycles. The van der Waals surface area contributed by atoms with Gasteiger partial charge in [-0.1, -0.05) is 13.3 Å². The molecule has 1 aliphatic rings. The van der Waals surface area contributed by atoms with E-state index in [4.69, 9.17) is 9.05 Å². The van der Waals surface area contributed by atoms with Crippen LogP contribution in [0.1, 0.15) is 40.0 Å². The van der Waals surface area contributed by atoms with Crippen molar-refractivity contribution < 1.29 is 35.8 Å². The Hall–Kier alpha value is -0.565. The summed E-state index contributed by atoms with van der Waals surface area (Å²) in [6.45, 7) is 9.93. The number of rotatable bonds is 11. The van der Waals surface area contributed by atoms with Gasteiger partial charge in [-0.3, -0.25) is 9.46 Å². The molecule has 0 aliphatic carbocycles. The minimum atomic E-state index is -6.00. The summed E-state index contributed by atoms with van der Waals surface area (Å²) in [6.07, 6.45) is 8.21. The van der Waals surface area contributed by atoms with E-state index in [0.29, 0.717) is 19.4 Å². The van der Waals surface area contributed by atoms with Crippen molar-refractivity contribution in [2.75, 3.05) is 39.1 Å². The molecular weight excluding hydrogens is 362 g/mol. The van der Waals surface area contributed by atoms with E-state index in [1.54, 1.807) is 0 Å². The van der Waals surface area contributed by atoms with Gasteiger partial charge in [0.1, 0.15) is 6.20 Å². The highest BCUT2D eigenvalue weighted by Gasteiger charge is 2.24. The van der Waals surface area contributed by atoms with Crippen molar-refractivity contribution in [1.82, 2.24) is 4.90 Å². The lowest BCUT2D eigenvalue weighted by Gasteiger charge is -2.19. The summed E-state index contributed by atoms with van der Waals surface area (Å²) in [7, 11) is -8.87. The Morgan fingerprint density at radius 3 is 2.16 bits per heavy atom. The summed E-state index contributed by atoms with van der Waals surface area (Å²) in [4.78, 5) is 3.79. The molecule has 1 heterocycles. The van der Waals surface area contributed by atoms with Crippen molar-refractivity contribution >= 4 is 14.9 Å². The second kappa shape index (κ2) is 12.7. The van der Waals surface area contributed by atoms with E-state index in [-0.39, 0.29) is 0 Å². The Morgan fingerprint density at radius 1 is 1.12 bits per heavy atom. The molecule has 0 bridgehead atoms. The second-order valence-corrected chi connectivity index (χ2v) is 7.75. The Labute approximate surface area is 148 Å². The van der Waals surface area contributed by atoms with Gasteiger partial charge in [0.2, 0.25) is 0 Å². The SMILES string of the molecule is CCCC[NH+]1C=CN(CCCP(=O)(OCC)OCC)C1.F[B-](F)(F)F. The number of hydrogen-bond acceptors (Lipinski definition) is 4. The zero-order valence-corrected chi connectivity index (χ0v) is 16.1. The molecule has 0 aromatic rings. The topological polar surface area (TPSA) is 43.2 Å². The predicted molar refractivity (Wildman–Crippen MR) is 92.0 cm³/mol. The fourth-order valence-corrected chi connectivity index (χ4v) is 3.97. The first-order valence-electron chi connectivity index (χ1n) is 8.66. The summed E-state index contributed by atoms with van der Waals surface area (Å²) in [5, 5.41) is 0. The van der Waals surface area contributed by atoms with Crippen LogP contribution in [0.3, 0.4) is 0 Å². The molecule has 0 amide bonds. The summed E-state index contributed by atoms with van der Waals surface area (Å²) in [5.41, 5.74) is 0. The zero-order valence-electron chi connectivity index (χ0n) is 15.2. The Kier molecular flexibility index (Phi) is 12.4. The number of hydrogen-bond donors (Lipinski definition) is 1. The van der Waals surface area contributed by atoms with Gasteiger partial charge < -0.3 is 31.2 Å². The molecule has 0 saturated carbocycles. The number of quaternary nitrogens is 1. The van der Waals surface area contributed by atoms with Crippen molar-refractivity contribution in [2.24, 2.45) is 0 Å². The molecule has 5 nitrogen and oxygen atoms in total. The van der Waals surface area contributed by atoms with Crippen LogP contribution < -0.4 is 4.90 Å². The fraction of sp³-hybridized carbons (Fsp3) is 0.857. The number of nitrogens with zero attached hydrogens (tertiary/aromatic N) is 1. The standard InChI is InChI=1S/C14H29N2O3P.BF4/c1-4-7-9-15-11-12-16(14-15)10-8-13-20(17,18-5-2)19-6-3;2-1(3,4)5/h11-12H,4-10,13-14H2,1-3H3;/q;-1/p+1. The van der Waals surface area contributed by atoms with Crippen LogP contribution in [-0.4, -0.2) is 51.3 Å². The molecule has 0 spiro atoms. The van der Waals surface area contributed by atoms with Gasteiger partial charge in [0.15, 0.2) is 6.67 Å². The summed E-state index contributed by atoms with van der Waals surface area (Å²) in [5.74, 6) is 0. The maximum Gasteiger partial charge on any atom is 0.673 e. The normalized spacial score (nSPS) is 17.6. The molecule has 1 rings (SSSR count). The first-order valence-corrected chi connectivity index (χ1v) is 10.4. The third-order valence-corrected chi connectivity index (χ3v) is 5.47.